The Bertz CT molecular complexity index is 346. The number of rotatable bonds is 0. The summed E-state index contributed by atoms with van der Waals surface area (Å²) in [5, 5.41) is 0.719. The summed E-state index contributed by atoms with van der Waals surface area (Å²) in [6, 6.07) is 0. The van der Waals surface area contributed by atoms with E-state index in [1.807, 2.05) is 0 Å². The molecule has 1 aromatic heterocycles. The van der Waals surface area contributed by atoms with Crippen molar-refractivity contribution >= 4 is 22.0 Å². The molecule has 1 heterocycles. The lowest BCUT2D eigenvalue weighted by molar-refractivity contribution is 0.699. The van der Waals surface area contributed by atoms with Crippen molar-refractivity contribution in [1.29, 1.82) is 0 Å². The molecule has 1 aliphatic rings. The highest BCUT2D eigenvalue weighted by Gasteiger charge is 2.18. The first kappa shape index (κ1) is 7.63. The standard InChI is InChI=1S/C9H10N2S/c1-11-8-6-4-2-3-5-7(6)12-9(8)10/h2-5,10H2. The Hall–Kier alpha value is -1.01. The Kier molecular flexibility index (Phi) is 1.78. The van der Waals surface area contributed by atoms with Crippen LogP contribution in [0.2, 0.25) is 0 Å². The Balaban J connectivity index is 2.56. The predicted octanol–water partition coefficient (Wildman–Crippen LogP) is 2.76. The third-order valence-electron chi connectivity index (χ3n) is 2.28. The second kappa shape index (κ2) is 2.80. The summed E-state index contributed by atoms with van der Waals surface area (Å²) in [5.41, 5.74) is 7.70. The molecule has 1 aromatic rings. The number of nitrogen functional groups attached to an aromatic ring is 1. The quantitative estimate of drug-likeness (QED) is 0.608. The largest absolute Gasteiger partial charge is 0.399 e. The van der Waals surface area contributed by atoms with Gasteiger partial charge in [-0.05, 0) is 29.7 Å². The van der Waals surface area contributed by atoms with Gasteiger partial charge < -0.3 is 5.73 Å². The van der Waals surface area contributed by atoms with Crippen LogP contribution in [0.15, 0.2) is 0 Å². The molecule has 3 heteroatoms. The first-order valence-electron chi connectivity index (χ1n) is 4.10. The minimum Gasteiger partial charge on any atom is -0.399 e. The molecule has 2 nitrogen and oxygen atoms in total. The molecule has 0 fully saturated rings. The highest BCUT2D eigenvalue weighted by atomic mass is 32.1. The third kappa shape index (κ3) is 0.997. The number of hydrogen-bond acceptors (Lipinski definition) is 2. The summed E-state index contributed by atoms with van der Waals surface area (Å²) < 4.78 is 0. The molecule has 0 aliphatic heterocycles. The molecule has 0 bridgehead atoms. The number of aryl methyl sites for hydroxylation is 1. The maximum atomic E-state index is 6.99. The molecule has 0 saturated carbocycles. The average molecular weight is 178 g/mol. The van der Waals surface area contributed by atoms with Gasteiger partial charge in [0.15, 0.2) is 0 Å². The molecular formula is C9H10N2S. The van der Waals surface area contributed by atoms with Crippen molar-refractivity contribution in [3.63, 3.8) is 0 Å². The van der Waals surface area contributed by atoms with Crippen molar-refractivity contribution in [2.75, 3.05) is 5.73 Å². The van der Waals surface area contributed by atoms with Gasteiger partial charge in [-0.1, -0.05) is 6.42 Å². The van der Waals surface area contributed by atoms with Crippen LogP contribution < -0.4 is 5.73 Å². The van der Waals surface area contributed by atoms with E-state index in [-0.39, 0.29) is 0 Å². The molecule has 0 spiro atoms. The SMILES string of the molecule is [C-]#[N+]c1c(N)sc2c1CCCC2. The van der Waals surface area contributed by atoms with Crippen molar-refractivity contribution in [3.05, 3.63) is 21.9 Å². The number of thiophene rings is 1. The van der Waals surface area contributed by atoms with Crippen LogP contribution in [0.1, 0.15) is 23.3 Å². The lowest BCUT2D eigenvalue weighted by Crippen LogP contribution is -1.97. The Labute approximate surface area is 75.8 Å². The van der Waals surface area contributed by atoms with Gasteiger partial charge in [0.05, 0.1) is 11.6 Å². The summed E-state index contributed by atoms with van der Waals surface area (Å²) >= 11 is 1.61. The van der Waals surface area contributed by atoms with E-state index in [4.69, 9.17) is 12.3 Å². The van der Waals surface area contributed by atoms with E-state index in [0.717, 1.165) is 23.5 Å². The highest BCUT2D eigenvalue weighted by molar-refractivity contribution is 7.16. The predicted molar refractivity (Wildman–Crippen MR) is 51.6 cm³/mol. The zero-order valence-electron chi connectivity index (χ0n) is 6.76. The fraction of sp³-hybridized carbons (Fsp3) is 0.444. The number of hydrogen-bond donors (Lipinski definition) is 1. The van der Waals surface area contributed by atoms with Crippen molar-refractivity contribution in [2.45, 2.75) is 25.7 Å². The first-order valence-corrected chi connectivity index (χ1v) is 4.92. The Morgan fingerprint density at radius 2 is 2.08 bits per heavy atom. The second-order valence-electron chi connectivity index (χ2n) is 3.04. The van der Waals surface area contributed by atoms with Crippen LogP contribution >= 0.6 is 11.3 Å². The normalized spacial score (nSPS) is 15.2. The summed E-state index contributed by atoms with van der Waals surface area (Å²) in [4.78, 5) is 4.83. The minimum atomic E-state index is 0.719. The van der Waals surface area contributed by atoms with E-state index in [1.165, 1.54) is 23.3 Å². The van der Waals surface area contributed by atoms with Gasteiger partial charge in [-0.15, -0.1) is 11.3 Å². The van der Waals surface area contributed by atoms with Crippen molar-refractivity contribution in [2.24, 2.45) is 0 Å². The van der Waals surface area contributed by atoms with Crippen LogP contribution in [0, 0.1) is 6.57 Å². The summed E-state index contributed by atoms with van der Waals surface area (Å²) in [6.45, 7) is 6.99. The summed E-state index contributed by atoms with van der Waals surface area (Å²) in [5.74, 6) is 0. The summed E-state index contributed by atoms with van der Waals surface area (Å²) in [7, 11) is 0. The van der Waals surface area contributed by atoms with Gasteiger partial charge in [0.25, 0.3) is 0 Å². The Morgan fingerprint density at radius 1 is 1.33 bits per heavy atom. The number of nitrogens with zero attached hydrogens (tertiary/aromatic N) is 1. The van der Waals surface area contributed by atoms with Gasteiger partial charge in [0.2, 0.25) is 5.69 Å². The van der Waals surface area contributed by atoms with Crippen LogP contribution in [0.3, 0.4) is 0 Å². The lowest BCUT2D eigenvalue weighted by Gasteiger charge is -2.09. The summed E-state index contributed by atoms with van der Waals surface area (Å²) in [6.07, 6.45) is 4.65. The van der Waals surface area contributed by atoms with E-state index in [2.05, 4.69) is 4.85 Å². The van der Waals surface area contributed by atoms with Crippen LogP contribution in [-0.4, -0.2) is 0 Å². The van der Waals surface area contributed by atoms with Crippen molar-refractivity contribution < 1.29 is 0 Å². The van der Waals surface area contributed by atoms with E-state index < -0.39 is 0 Å². The van der Waals surface area contributed by atoms with Crippen molar-refractivity contribution in [1.82, 2.24) is 0 Å². The van der Waals surface area contributed by atoms with Crippen LogP contribution in [0.4, 0.5) is 10.7 Å². The number of nitrogens with two attached hydrogens (primary N) is 1. The van der Waals surface area contributed by atoms with Crippen molar-refractivity contribution in [3.8, 4) is 0 Å². The van der Waals surface area contributed by atoms with Gasteiger partial charge in [-0.2, -0.15) is 0 Å². The molecule has 1 aliphatic carbocycles. The average Bonchev–Trinajstić information content (AvgIpc) is 2.40. The highest BCUT2D eigenvalue weighted by Crippen LogP contribution is 2.41. The molecule has 2 rings (SSSR count). The van der Waals surface area contributed by atoms with Gasteiger partial charge in [0.1, 0.15) is 0 Å². The molecule has 0 aromatic carbocycles. The van der Waals surface area contributed by atoms with Gasteiger partial charge in [-0.3, -0.25) is 0 Å². The number of anilines is 1. The molecular weight excluding hydrogens is 168 g/mol. The molecule has 12 heavy (non-hydrogen) atoms. The Morgan fingerprint density at radius 3 is 2.83 bits per heavy atom. The smallest absolute Gasteiger partial charge is 0.223 e. The molecule has 0 radical (unpaired) electrons. The van der Waals surface area contributed by atoms with Gasteiger partial charge >= 0.3 is 0 Å². The fourth-order valence-corrected chi connectivity index (χ4v) is 2.79. The maximum absolute atomic E-state index is 6.99. The maximum Gasteiger partial charge on any atom is 0.223 e. The molecule has 0 amide bonds. The minimum absolute atomic E-state index is 0.719. The molecule has 62 valence electrons. The zero-order valence-corrected chi connectivity index (χ0v) is 7.58. The number of fused-ring (bicyclic) bond motifs is 1. The molecule has 2 N–H and O–H groups in total. The molecule has 0 atom stereocenters. The molecule has 0 unspecified atom stereocenters. The van der Waals surface area contributed by atoms with Crippen LogP contribution in [-0.2, 0) is 12.8 Å². The van der Waals surface area contributed by atoms with E-state index in [9.17, 15) is 0 Å². The molecule has 0 saturated heterocycles. The second-order valence-corrected chi connectivity index (χ2v) is 4.17. The monoisotopic (exact) mass is 178 g/mol. The zero-order chi connectivity index (χ0) is 8.55. The topological polar surface area (TPSA) is 30.4 Å². The van der Waals surface area contributed by atoms with Gasteiger partial charge in [-0.25, -0.2) is 4.85 Å². The third-order valence-corrected chi connectivity index (χ3v) is 3.39. The van der Waals surface area contributed by atoms with E-state index >= 15 is 0 Å². The van der Waals surface area contributed by atoms with Crippen LogP contribution in [0.5, 0.6) is 0 Å². The van der Waals surface area contributed by atoms with E-state index in [0.29, 0.717) is 0 Å². The lowest BCUT2D eigenvalue weighted by atomic mass is 9.98. The van der Waals surface area contributed by atoms with E-state index in [1.54, 1.807) is 11.3 Å². The van der Waals surface area contributed by atoms with Crippen LogP contribution in [0.25, 0.3) is 4.85 Å². The van der Waals surface area contributed by atoms with Gasteiger partial charge in [0, 0.05) is 0 Å². The fourth-order valence-electron chi connectivity index (χ4n) is 1.69. The first-order chi connectivity index (χ1) is 5.83.